The molecule has 0 spiro atoms. The fourth-order valence-electron chi connectivity index (χ4n) is 4.01. The summed E-state index contributed by atoms with van der Waals surface area (Å²) in [7, 11) is -4.13. The maximum atomic E-state index is 13.0. The van der Waals surface area contributed by atoms with E-state index in [4.69, 9.17) is 4.74 Å². The molecule has 2 heterocycles. The number of hydrogen-bond acceptors (Lipinski definition) is 7. The van der Waals surface area contributed by atoms with Gasteiger partial charge in [-0.1, -0.05) is 0 Å². The number of aromatic nitrogens is 1. The second-order valence-corrected chi connectivity index (χ2v) is 9.80. The van der Waals surface area contributed by atoms with Crippen molar-refractivity contribution in [3.05, 3.63) is 46.8 Å². The standard InChI is InChI=1S/C23H30N4O6S/c1-5-33-23(30)21-15(2)25-16(3)22(21)34(31,32)24-14-20(29)27-12-10-26(11-13-27)19-8-6-18(7-9-19)17(4)28/h6-9,24-25H,5,10-14H2,1-4H3. The summed E-state index contributed by atoms with van der Waals surface area (Å²) in [5.74, 6) is -1.08. The maximum absolute atomic E-state index is 13.0. The minimum atomic E-state index is -4.13. The van der Waals surface area contributed by atoms with Crippen LogP contribution in [-0.2, 0) is 19.6 Å². The Morgan fingerprint density at radius 1 is 1.03 bits per heavy atom. The third-order valence-corrected chi connectivity index (χ3v) is 7.32. The predicted molar refractivity (Wildman–Crippen MR) is 127 cm³/mol. The van der Waals surface area contributed by atoms with Gasteiger partial charge in [0.25, 0.3) is 0 Å². The van der Waals surface area contributed by atoms with Crippen molar-refractivity contribution in [3.8, 4) is 0 Å². The molecular weight excluding hydrogens is 460 g/mol. The Balaban J connectivity index is 1.61. The highest BCUT2D eigenvalue weighted by atomic mass is 32.2. The first-order valence-corrected chi connectivity index (χ1v) is 12.5. The molecule has 1 aliphatic rings. The molecular formula is C23H30N4O6S. The molecule has 34 heavy (non-hydrogen) atoms. The van der Waals surface area contributed by atoms with Gasteiger partial charge in [-0.05, 0) is 52.0 Å². The lowest BCUT2D eigenvalue weighted by atomic mass is 10.1. The Morgan fingerprint density at radius 3 is 2.21 bits per heavy atom. The molecule has 0 bridgehead atoms. The highest BCUT2D eigenvalue weighted by molar-refractivity contribution is 7.89. The maximum Gasteiger partial charge on any atom is 0.341 e. The Bertz CT molecular complexity index is 1180. The first-order valence-electron chi connectivity index (χ1n) is 11.0. The first-order chi connectivity index (χ1) is 16.0. The Labute approximate surface area is 199 Å². The van der Waals surface area contributed by atoms with E-state index in [1.807, 2.05) is 12.1 Å². The van der Waals surface area contributed by atoms with Crippen molar-refractivity contribution in [2.45, 2.75) is 32.6 Å². The van der Waals surface area contributed by atoms with E-state index in [2.05, 4.69) is 14.6 Å². The summed E-state index contributed by atoms with van der Waals surface area (Å²) in [5.41, 5.74) is 2.23. The van der Waals surface area contributed by atoms with Crippen LogP contribution in [0.1, 0.15) is 46.0 Å². The highest BCUT2D eigenvalue weighted by Crippen LogP contribution is 2.24. The van der Waals surface area contributed by atoms with E-state index >= 15 is 0 Å². The molecule has 1 aromatic carbocycles. The van der Waals surface area contributed by atoms with Gasteiger partial charge >= 0.3 is 5.97 Å². The monoisotopic (exact) mass is 490 g/mol. The molecule has 11 heteroatoms. The number of nitrogens with zero attached hydrogens (tertiary/aromatic N) is 2. The van der Waals surface area contributed by atoms with Crippen molar-refractivity contribution >= 4 is 33.4 Å². The van der Waals surface area contributed by atoms with Crippen LogP contribution in [0.15, 0.2) is 29.2 Å². The number of benzene rings is 1. The smallest absolute Gasteiger partial charge is 0.341 e. The van der Waals surface area contributed by atoms with Crippen LogP contribution in [0, 0.1) is 13.8 Å². The number of hydrogen-bond donors (Lipinski definition) is 2. The summed E-state index contributed by atoms with van der Waals surface area (Å²) in [6.45, 7) is 8.04. The van der Waals surface area contributed by atoms with Crippen molar-refractivity contribution in [2.24, 2.45) is 0 Å². The van der Waals surface area contributed by atoms with Gasteiger partial charge in [0.15, 0.2) is 5.78 Å². The number of rotatable bonds is 8. The van der Waals surface area contributed by atoms with Gasteiger partial charge in [-0.2, -0.15) is 0 Å². The lowest BCUT2D eigenvalue weighted by molar-refractivity contribution is -0.130. The van der Waals surface area contributed by atoms with Gasteiger partial charge in [-0.15, -0.1) is 0 Å². The zero-order valence-electron chi connectivity index (χ0n) is 19.8. The summed E-state index contributed by atoms with van der Waals surface area (Å²) in [5, 5.41) is 0. The van der Waals surface area contributed by atoms with Gasteiger partial charge in [-0.3, -0.25) is 9.59 Å². The van der Waals surface area contributed by atoms with Crippen LogP contribution < -0.4 is 9.62 Å². The largest absolute Gasteiger partial charge is 0.462 e. The Morgan fingerprint density at radius 2 is 1.65 bits per heavy atom. The van der Waals surface area contributed by atoms with Crippen LogP contribution >= 0.6 is 0 Å². The number of aromatic amines is 1. The van der Waals surface area contributed by atoms with Crippen molar-refractivity contribution in [2.75, 3.05) is 44.2 Å². The number of sulfonamides is 1. The van der Waals surface area contributed by atoms with Gasteiger partial charge in [0.2, 0.25) is 15.9 Å². The second kappa shape index (κ2) is 10.4. The number of ether oxygens (including phenoxy) is 1. The van der Waals surface area contributed by atoms with Crippen LogP contribution in [0.3, 0.4) is 0 Å². The van der Waals surface area contributed by atoms with Crippen LogP contribution in [0.4, 0.5) is 5.69 Å². The van der Waals surface area contributed by atoms with Gasteiger partial charge in [0.05, 0.1) is 13.2 Å². The third kappa shape index (κ3) is 5.48. The molecule has 0 radical (unpaired) electrons. The number of esters is 1. The van der Waals surface area contributed by atoms with Crippen molar-refractivity contribution in [3.63, 3.8) is 0 Å². The van der Waals surface area contributed by atoms with Gasteiger partial charge in [0, 0.05) is 48.8 Å². The number of carbonyl (C=O) groups excluding carboxylic acids is 3. The molecule has 0 atom stereocenters. The number of H-pyrrole nitrogens is 1. The molecule has 1 fully saturated rings. The summed E-state index contributed by atoms with van der Waals surface area (Å²) in [6.07, 6.45) is 0. The van der Waals surface area contributed by atoms with Crippen LogP contribution in [0.25, 0.3) is 0 Å². The number of carbonyl (C=O) groups is 3. The zero-order valence-corrected chi connectivity index (χ0v) is 20.6. The fourth-order valence-corrected chi connectivity index (χ4v) is 5.42. The Kier molecular flexibility index (Phi) is 7.78. The molecule has 0 aliphatic carbocycles. The molecule has 1 saturated heterocycles. The fraction of sp³-hybridized carbons (Fsp3) is 0.435. The number of piperazine rings is 1. The molecule has 2 N–H and O–H groups in total. The third-order valence-electron chi connectivity index (χ3n) is 5.75. The molecule has 0 unspecified atom stereocenters. The minimum Gasteiger partial charge on any atom is -0.462 e. The normalized spacial score (nSPS) is 14.2. The molecule has 1 aromatic heterocycles. The number of aryl methyl sites for hydroxylation is 2. The van der Waals surface area contributed by atoms with E-state index < -0.39 is 22.5 Å². The lowest BCUT2D eigenvalue weighted by Gasteiger charge is -2.36. The van der Waals surface area contributed by atoms with E-state index in [0.29, 0.717) is 43.1 Å². The van der Waals surface area contributed by atoms with Gasteiger partial charge in [-0.25, -0.2) is 17.9 Å². The van der Waals surface area contributed by atoms with E-state index in [9.17, 15) is 22.8 Å². The summed E-state index contributed by atoms with van der Waals surface area (Å²) < 4.78 is 33.2. The van der Waals surface area contributed by atoms with Crippen molar-refractivity contribution in [1.82, 2.24) is 14.6 Å². The topological polar surface area (TPSA) is 129 Å². The van der Waals surface area contributed by atoms with Crippen molar-refractivity contribution < 1.29 is 27.5 Å². The lowest BCUT2D eigenvalue weighted by Crippen LogP contribution is -2.51. The van der Waals surface area contributed by atoms with Gasteiger partial charge in [0.1, 0.15) is 10.5 Å². The molecule has 1 amide bonds. The minimum absolute atomic E-state index is 0.00351. The number of Topliss-reactive ketones (excluding diaryl/α,β-unsaturated/α-hetero) is 1. The van der Waals surface area contributed by atoms with Crippen LogP contribution in [0.2, 0.25) is 0 Å². The quantitative estimate of drug-likeness (QED) is 0.425. The van der Waals surface area contributed by atoms with Crippen LogP contribution in [0.5, 0.6) is 0 Å². The van der Waals surface area contributed by atoms with Crippen molar-refractivity contribution in [1.29, 1.82) is 0 Å². The van der Waals surface area contributed by atoms with E-state index in [1.165, 1.54) is 6.92 Å². The average molecular weight is 491 g/mol. The van der Waals surface area contributed by atoms with E-state index in [1.54, 1.807) is 37.8 Å². The number of ketones is 1. The summed E-state index contributed by atoms with van der Waals surface area (Å²) >= 11 is 0. The summed E-state index contributed by atoms with van der Waals surface area (Å²) in [6, 6.07) is 7.31. The van der Waals surface area contributed by atoms with E-state index in [0.717, 1.165) is 5.69 Å². The molecule has 1 aliphatic heterocycles. The van der Waals surface area contributed by atoms with Gasteiger partial charge < -0.3 is 19.5 Å². The van der Waals surface area contributed by atoms with Crippen LogP contribution in [-0.4, -0.2) is 75.3 Å². The second-order valence-electron chi connectivity index (χ2n) is 8.10. The predicted octanol–water partition coefficient (Wildman–Crippen LogP) is 1.64. The molecule has 10 nitrogen and oxygen atoms in total. The Hall–Kier alpha value is -3.18. The zero-order chi connectivity index (χ0) is 25.0. The number of amides is 1. The molecule has 0 saturated carbocycles. The van der Waals surface area contributed by atoms with E-state index in [-0.39, 0.29) is 28.8 Å². The average Bonchev–Trinajstić information content (AvgIpc) is 3.12. The SMILES string of the molecule is CCOC(=O)c1c(C)[nH]c(C)c1S(=O)(=O)NCC(=O)N1CCN(c2ccc(C(C)=O)cc2)CC1. The first kappa shape index (κ1) is 25.4. The number of anilines is 1. The number of nitrogens with one attached hydrogen (secondary N) is 2. The molecule has 184 valence electrons. The molecule has 2 aromatic rings. The highest BCUT2D eigenvalue weighted by Gasteiger charge is 2.31. The summed E-state index contributed by atoms with van der Waals surface area (Å²) in [4.78, 5) is 42.8. The molecule has 3 rings (SSSR count).